The molecule has 132 valence electrons. The molecule has 2 N–H and O–H groups in total. The summed E-state index contributed by atoms with van der Waals surface area (Å²) in [5, 5.41) is 7.73. The number of nitrogens with one attached hydrogen (secondary N) is 2. The highest BCUT2D eigenvalue weighted by molar-refractivity contribution is 4.83. The molecule has 2 atom stereocenters. The molecule has 0 spiro atoms. The van der Waals surface area contributed by atoms with Crippen molar-refractivity contribution in [2.75, 3.05) is 0 Å². The molecule has 0 amide bonds. The Morgan fingerprint density at radius 1 is 0.682 bits per heavy atom. The van der Waals surface area contributed by atoms with Crippen LogP contribution in [0.15, 0.2) is 0 Å². The summed E-state index contributed by atoms with van der Waals surface area (Å²) >= 11 is 0. The molecule has 0 aromatic carbocycles. The minimum atomic E-state index is 0.703. The van der Waals surface area contributed by atoms with Gasteiger partial charge in [-0.05, 0) is 52.4 Å². The Kier molecular flexibility index (Phi) is 11.2. The van der Waals surface area contributed by atoms with Crippen molar-refractivity contribution in [1.29, 1.82) is 0 Å². The van der Waals surface area contributed by atoms with E-state index in [-0.39, 0.29) is 0 Å². The van der Waals surface area contributed by atoms with Crippen molar-refractivity contribution >= 4 is 0 Å². The SMILES string of the molecule is CCCCCC(C)NC1CCC(NC(C)CCCCC)CC1. The smallest absolute Gasteiger partial charge is 0.00706 e. The van der Waals surface area contributed by atoms with Crippen LogP contribution in [0.3, 0.4) is 0 Å². The second kappa shape index (κ2) is 12.4. The Bertz CT molecular complexity index is 220. The van der Waals surface area contributed by atoms with Crippen LogP contribution in [0.2, 0.25) is 0 Å². The number of hydrogen-bond acceptors (Lipinski definition) is 2. The van der Waals surface area contributed by atoms with Gasteiger partial charge in [0.25, 0.3) is 0 Å². The molecule has 0 heterocycles. The highest BCUT2D eigenvalue weighted by atomic mass is 15.0. The quantitative estimate of drug-likeness (QED) is 0.471. The van der Waals surface area contributed by atoms with Crippen LogP contribution in [-0.2, 0) is 0 Å². The van der Waals surface area contributed by atoms with Crippen LogP contribution in [0.1, 0.15) is 105 Å². The third-order valence-electron chi connectivity index (χ3n) is 5.25. The van der Waals surface area contributed by atoms with Crippen LogP contribution in [0, 0.1) is 0 Å². The lowest BCUT2D eigenvalue weighted by molar-refractivity contribution is 0.270. The Labute approximate surface area is 140 Å². The lowest BCUT2D eigenvalue weighted by Gasteiger charge is -2.33. The molecule has 0 aromatic heterocycles. The van der Waals surface area contributed by atoms with Crippen molar-refractivity contribution in [2.24, 2.45) is 0 Å². The molecule has 0 aromatic rings. The van der Waals surface area contributed by atoms with Gasteiger partial charge in [-0.3, -0.25) is 0 Å². The molecule has 22 heavy (non-hydrogen) atoms. The molecule has 2 nitrogen and oxygen atoms in total. The average molecular weight is 311 g/mol. The van der Waals surface area contributed by atoms with Crippen LogP contribution in [0.5, 0.6) is 0 Å². The van der Waals surface area contributed by atoms with Gasteiger partial charge in [-0.1, -0.05) is 52.4 Å². The van der Waals surface area contributed by atoms with Gasteiger partial charge in [-0.25, -0.2) is 0 Å². The van der Waals surface area contributed by atoms with Gasteiger partial charge >= 0.3 is 0 Å². The van der Waals surface area contributed by atoms with Gasteiger partial charge in [0.15, 0.2) is 0 Å². The summed E-state index contributed by atoms with van der Waals surface area (Å²) < 4.78 is 0. The topological polar surface area (TPSA) is 24.1 Å². The van der Waals surface area contributed by atoms with E-state index in [0.717, 1.165) is 12.1 Å². The summed E-state index contributed by atoms with van der Waals surface area (Å²) in [7, 11) is 0. The van der Waals surface area contributed by atoms with Crippen molar-refractivity contribution in [2.45, 2.75) is 129 Å². The van der Waals surface area contributed by atoms with Crippen LogP contribution in [0.25, 0.3) is 0 Å². The second-order valence-corrected chi connectivity index (χ2v) is 7.68. The summed E-state index contributed by atoms with van der Waals surface area (Å²) in [6.07, 6.45) is 16.3. The second-order valence-electron chi connectivity index (χ2n) is 7.68. The molecule has 0 saturated heterocycles. The number of hydrogen-bond donors (Lipinski definition) is 2. The van der Waals surface area contributed by atoms with Gasteiger partial charge in [0.1, 0.15) is 0 Å². The normalized spacial score (nSPS) is 25.1. The van der Waals surface area contributed by atoms with E-state index in [1.165, 1.54) is 77.0 Å². The fourth-order valence-electron chi connectivity index (χ4n) is 3.80. The van der Waals surface area contributed by atoms with E-state index in [2.05, 4.69) is 38.3 Å². The molecule has 0 aliphatic heterocycles. The number of unbranched alkanes of at least 4 members (excludes halogenated alkanes) is 4. The van der Waals surface area contributed by atoms with E-state index in [0.29, 0.717) is 12.1 Å². The molecular formula is C20H42N2. The van der Waals surface area contributed by atoms with Crippen molar-refractivity contribution in [1.82, 2.24) is 10.6 Å². The largest absolute Gasteiger partial charge is 0.312 e. The highest BCUT2D eigenvalue weighted by Gasteiger charge is 2.22. The minimum absolute atomic E-state index is 0.703. The maximum Gasteiger partial charge on any atom is 0.00706 e. The van der Waals surface area contributed by atoms with Gasteiger partial charge in [0.2, 0.25) is 0 Å². The summed E-state index contributed by atoms with van der Waals surface area (Å²) in [4.78, 5) is 0. The Balaban J connectivity index is 2.09. The first-order valence-corrected chi connectivity index (χ1v) is 10.2. The van der Waals surface area contributed by atoms with Crippen LogP contribution in [-0.4, -0.2) is 24.2 Å². The Hall–Kier alpha value is -0.0800. The highest BCUT2D eigenvalue weighted by Crippen LogP contribution is 2.20. The summed E-state index contributed by atoms with van der Waals surface area (Å²) in [5.41, 5.74) is 0. The fourth-order valence-corrected chi connectivity index (χ4v) is 3.80. The summed E-state index contributed by atoms with van der Waals surface area (Å²) in [6, 6.07) is 2.94. The maximum atomic E-state index is 3.87. The monoisotopic (exact) mass is 310 g/mol. The summed E-state index contributed by atoms with van der Waals surface area (Å²) in [5.74, 6) is 0. The van der Waals surface area contributed by atoms with Gasteiger partial charge in [-0.2, -0.15) is 0 Å². The van der Waals surface area contributed by atoms with Crippen molar-refractivity contribution < 1.29 is 0 Å². The van der Waals surface area contributed by atoms with Gasteiger partial charge < -0.3 is 10.6 Å². The van der Waals surface area contributed by atoms with E-state index in [1.54, 1.807) is 0 Å². The predicted molar refractivity (Wildman–Crippen MR) is 99.5 cm³/mol. The van der Waals surface area contributed by atoms with Crippen molar-refractivity contribution in [3.05, 3.63) is 0 Å². The molecule has 1 aliphatic carbocycles. The molecule has 0 bridgehead atoms. The number of rotatable bonds is 12. The van der Waals surface area contributed by atoms with Crippen LogP contribution >= 0.6 is 0 Å². The van der Waals surface area contributed by atoms with Crippen LogP contribution < -0.4 is 10.6 Å². The maximum absolute atomic E-state index is 3.87. The lowest BCUT2D eigenvalue weighted by atomic mass is 9.89. The molecule has 1 rings (SSSR count). The molecule has 1 fully saturated rings. The first-order valence-electron chi connectivity index (χ1n) is 10.2. The van der Waals surface area contributed by atoms with Crippen molar-refractivity contribution in [3.63, 3.8) is 0 Å². The first-order chi connectivity index (χ1) is 10.7. The van der Waals surface area contributed by atoms with Gasteiger partial charge in [-0.15, -0.1) is 0 Å². The molecule has 2 unspecified atom stereocenters. The zero-order chi connectivity index (χ0) is 16.2. The molecule has 0 radical (unpaired) electrons. The standard InChI is InChI=1S/C20H42N2/c1-5-7-9-11-17(3)21-19-13-15-20(16-14-19)22-18(4)12-10-8-6-2/h17-22H,5-16H2,1-4H3. The Morgan fingerprint density at radius 2 is 1.05 bits per heavy atom. The zero-order valence-electron chi connectivity index (χ0n) is 15.8. The van der Waals surface area contributed by atoms with E-state index in [1.807, 2.05) is 0 Å². The minimum Gasteiger partial charge on any atom is -0.312 e. The molecule has 1 aliphatic rings. The van der Waals surface area contributed by atoms with Crippen LogP contribution in [0.4, 0.5) is 0 Å². The van der Waals surface area contributed by atoms with Crippen molar-refractivity contribution in [3.8, 4) is 0 Å². The first kappa shape index (κ1) is 20.0. The third-order valence-corrected chi connectivity index (χ3v) is 5.25. The van der Waals surface area contributed by atoms with Gasteiger partial charge in [0.05, 0.1) is 0 Å². The molecule has 2 heteroatoms. The van der Waals surface area contributed by atoms with E-state index >= 15 is 0 Å². The zero-order valence-corrected chi connectivity index (χ0v) is 15.8. The van der Waals surface area contributed by atoms with E-state index in [4.69, 9.17) is 0 Å². The third kappa shape index (κ3) is 9.15. The fraction of sp³-hybridized carbons (Fsp3) is 1.00. The molecule has 1 saturated carbocycles. The van der Waals surface area contributed by atoms with E-state index < -0.39 is 0 Å². The van der Waals surface area contributed by atoms with Gasteiger partial charge in [0, 0.05) is 24.2 Å². The molecular weight excluding hydrogens is 268 g/mol. The lowest BCUT2D eigenvalue weighted by Crippen LogP contribution is -2.45. The predicted octanol–water partition coefficient (Wildman–Crippen LogP) is 5.41. The Morgan fingerprint density at radius 3 is 1.36 bits per heavy atom. The average Bonchev–Trinajstić information content (AvgIpc) is 2.50. The summed E-state index contributed by atoms with van der Waals surface area (Å²) in [6.45, 7) is 9.32. The van der Waals surface area contributed by atoms with E-state index in [9.17, 15) is 0 Å².